The van der Waals surface area contributed by atoms with E-state index in [2.05, 4.69) is 4.90 Å². The number of nitrogens with zero attached hydrogens (tertiary/aromatic N) is 1. The van der Waals surface area contributed by atoms with E-state index in [1.807, 2.05) is 24.3 Å². The number of carbonyl (C=O) groups excluding carboxylic acids is 1. The van der Waals surface area contributed by atoms with Gasteiger partial charge < -0.3 is 18.8 Å². The van der Waals surface area contributed by atoms with Crippen LogP contribution in [0.5, 0.6) is 5.75 Å². The minimum Gasteiger partial charge on any atom is -0.482 e. The molecule has 1 aromatic heterocycles. The molecule has 1 aliphatic heterocycles. The van der Waals surface area contributed by atoms with Crippen molar-refractivity contribution in [3.05, 3.63) is 84.7 Å². The molecule has 1 fully saturated rings. The molecule has 0 atom stereocenters. The van der Waals surface area contributed by atoms with Gasteiger partial charge in [-0.3, -0.25) is 4.79 Å². The highest BCUT2D eigenvalue weighted by atomic mass is 35.5. The van der Waals surface area contributed by atoms with E-state index in [0.717, 1.165) is 18.8 Å². The molecule has 34 heavy (non-hydrogen) atoms. The molecule has 0 unspecified atom stereocenters. The third kappa shape index (κ3) is 5.68. The molecule has 10 heteroatoms. The Labute approximate surface area is 221 Å². The number of halogens is 5. The molecule has 2 aromatic carbocycles. The molecule has 178 valence electrons. The van der Waals surface area contributed by atoms with E-state index in [-0.39, 0.29) is 43.3 Å². The Kier molecular flexibility index (Phi) is 8.35. The normalized spacial score (nSPS) is 14.1. The van der Waals surface area contributed by atoms with E-state index in [0.29, 0.717) is 30.3 Å². The smallest absolute Gasteiger partial charge is 0.185 e. The number of hydrogen-bond donors (Lipinski definition) is 0. The third-order valence-corrected chi connectivity index (χ3v) is 7.38. The van der Waals surface area contributed by atoms with Gasteiger partial charge in [-0.25, -0.2) is 0 Å². The van der Waals surface area contributed by atoms with E-state index >= 15 is 0 Å². The summed E-state index contributed by atoms with van der Waals surface area (Å²) >= 11 is 30.4. The maximum absolute atomic E-state index is 12.5. The largest absolute Gasteiger partial charge is 0.482 e. The van der Waals surface area contributed by atoms with Crippen molar-refractivity contribution >= 4 is 75.6 Å². The summed E-state index contributed by atoms with van der Waals surface area (Å²) in [6, 6.07) is 10.9. The van der Waals surface area contributed by atoms with Crippen molar-refractivity contribution in [2.24, 2.45) is 0 Å². The van der Waals surface area contributed by atoms with Gasteiger partial charge in [-0.1, -0.05) is 58.0 Å². The quantitative estimate of drug-likeness (QED) is 0.127. The number of ether oxygens (including phenoxy) is 2. The summed E-state index contributed by atoms with van der Waals surface area (Å²) in [5, 5.41) is 0.257. The van der Waals surface area contributed by atoms with Crippen molar-refractivity contribution in [2.45, 2.75) is 6.61 Å². The first-order valence-electron chi connectivity index (χ1n) is 10.2. The molecule has 1 saturated heterocycles. The second kappa shape index (κ2) is 11.3. The molecule has 4 rings (SSSR count). The number of anilines is 1. The van der Waals surface area contributed by atoms with Crippen LogP contribution >= 0.6 is 58.0 Å². The van der Waals surface area contributed by atoms with Crippen molar-refractivity contribution in [3.63, 3.8) is 0 Å². The van der Waals surface area contributed by atoms with Crippen LogP contribution in [0.2, 0.25) is 25.1 Å². The highest BCUT2D eigenvalue weighted by Crippen LogP contribution is 2.48. The number of carbonyl (C=O) groups is 1. The minimum atomic E-state index is -0.133. The van der Waals surface area contributed by atoms with Gasteiger partial charge >= 0.3 is 0 Å². The minimum absolute atomic E-state index is 0.0124. The number of furan rings is 1. The molecule has 5 nitrogen and oxygen atoms in total. The first-order valence-corrected chi connectivity index (χ1v) is 12.1. The average molecular weight is 562 g/mol. The van der Waals surface area contributed by atoms with Crippen LogP contribution in [0, 0.1) is 0 Å². The maximum Gasteiger partial charge on any atom is 0.185 e. The Morgan fingerprint density at radius 1 is 0.882 bits per heavy atom. The number of ketones is 1. The fraction of sp³-hybridized carbons (Fsp3) is 0.208. The number of hydrogen-bond acceptors (Lipinski definition) is 5. The van der Waals surface area contributed by atoms with Crippen LogP contribution in [0.3, 0.4) is 0 Å². The number of allylic oxidation sites excluding steroid dienone is 1. The molecular weight excluding hydrogens is 544 g/mol. The number of benzene rings is 2. The van der Waals surface area contributed by atoms with Crippen LogP contribution in [0.15, 0.2) is 46.9 Å². The Hall–Kier alpha value is -1.86. The number of morpholine rings is 1. The van der Waals surface area contributed by atoms with Crippen LogP contribution < -0.4 is 9.64 Å². The van der Waals surface area contributed by atoms with Crippen LogP contribution in [0.4, 0.5) is 5.69 Å². The Bertz CT molecular complexity index is 1190. The zero-order valence-corrected chi connectivity index (χ0v) is 21.4. The molecule has 0 spiro atoms. The SMILES string of the molecule is O=C(/C=C/c1ccc(COc2c(Cl)c(Cl)c(Cl)c(Cl)c2Cl)o1)c1ccc(N2CCOCC2)cc1. The van der Waals surface area contributed by atoms with E-state index < -0.39 is 0 Å². The van der Waals surface area contributed by atoms with E-state index in [1.165, 1.54) is 6.08 Å². The zero-order valence-electron chi connectivity index (χ0n) is 17.6. The van der Waals surface area contributed by atoms with Crippen LogP contribution in [-0.4, -0.2) is 32.1 Å². The maximum atomic E-state index is 12.5. The van der Waals surface area contributed by atoms with Gasteiger partial charge in [0.1, 0.15) is 28.2 Å². The summed E-state index contributed by atoms with van der Waals surface area (Å²) in [6.07, 6.45) is 3.05. The predicted molar refractivity (Wildman–Crippen MR) is 137 cm³/mol. The molecular formula is C24H18Cl5NO4. The van der Waals surface area contributed by atoms with E-state index in [1.54, 1.807) is 18.2 Å². The van der Waals surface area contributed by atoms with Crippen molar-refractivity contribution in [3.8, 4) is 5.75 Å². The van der Waals surface area contributed by atoms with Crippen LogP contribution in [-0.2, 0) is 11.3 Å². The van der Waals surface area contributed by atoms with Gasteiger partial charge in [-0.15, -0.1) is 0 Å². The Morgan fingerprint density at radius 3 is 2.15 bits per heavy atom. The molecule has 2 heterocycles. The van der Waals surface area contributed by atoms with Crippen LogP contribution in [0.1, 0.15) is 21.9 Å². The summed E-state index contributed by atoms with van der Waals surface area (Å²) in [5.41, 5.74) is 1.66. The second-order valence-electron chi connectivity index (χ2n) is 7.34. The van der Waals surface area contributed by atoms with Gasteiger partial charge in [0.15, 0.2) is 11.5 Å². The first kappa shape index (κ1) is 25.2. The van der Waals surface area contributed by atoms with Gasteiger partial charge in [0.05, 0.1) is 28.3 Å². The molecule has 0 N–H and O–H groups in total. The first-order chi connectivity index (χ1) is 16.3. The molecule has 0 amide bonds. The van der Waals surface area contributed by atoms with Crippen LogP contribution in [0.25, 0.3) is 6.08 Å². The van der Waals surface area contributed by atoms with Crippen molar-refractivity contribution < 1.29 is 18.7 Å². The lowest BCUT2D eigenvalue weighted by molar-refractivity contribution is 0.104. The topological polar surface area (TPSA) is 51.9 Å². The molecule has 3 aromatic rings. The van der Waals surface area contributed by atoms with Gasteiger partial charge in [0.2, 0.25) is 0 Å². The molecule has 0 bridgehead atoms. The molecule has 0 saturated carbocycles. The Balaban J connectivity index is 1.37. The van der Waals surface area contributed by atoms with E-state index in [9.17, 15) is 4.79 Å². The fourth-order valence-corrected chi connectivity index (χ4v) is 4.56. The summed E-state index contributed by atoms with van der Waals surface area (Å²) in [4.78, 5) is 14.8. The predicted octanol–water partition coefficient (Wildman–Crippen LogP) is 7.86. The third-order valence-electron chi connectivity index (χ3n) is 5.14. The lowest BCUT2D eigenvalue weighted by atomic mass is 10.1. The summed E-state index contributed by atoms with van der Waals surface area (Å²) in [5.74, 6) is 0.941. The summed E-state index contributed by atoms with van der Waals surface area (Å²) in [7, 11) is 0. The second-order valence-corrected chi connectivity index (χ2v) is 9.23. The monoisotopic (exact) mass is 559 g/mol. The Morgan fingerprint density at radius 2 is 1.50 bits per heavy atom. The molecule has 1 aliphatic rings. The lowest BCUT2D eigenvalue weighted by Crippen LogP contribution is -2.36. The van der Waals surface area contributed by atoms with Crippen molar-refractivity contribution in [1.29, 1.82) is 0 Å². The van der Waals surface area contributed by atoms with E-state index in [4.69, 9.17) is 71.9 Å². The summed E-state index contributed by atoms with van der Waals surface area (Å²) in [6.45, 7) is 3.11. The molecule has 0 radical (unpaired) electrons. The highest BCUT2D eigenvalue weighted by Gasteiger charge is 2.21. The average Bonchev–Trinajstić information content (AvgIpc) is 3.33. The van der Waals surface area contributed by atoms with Crippen molar-refractivity contribution in [1.82, 2.24) is 0 Å². The standard InChI is InChI=1S/C24H18Cl5NO4/c25-19-20(26)22(28)24(23(29)21(19)27)33-13-17-6-5-16(34-17)7-8-18(31)14-1-3-15(4-2-14)30-9-11-32-12-10-30/h1-8H,9-13H2/b8-7+. The zero-order chi connectivity index (χ0) is 24.2. The fourth-order valence-electron chi connectivity index (χ4n) is 3.33. The van der Waals surface area contributed by atoms with Gasteiger partial charge in [0, 0.05) is 24.3 Å². The molecule has 0 aliphatic carbocycles. The number of rotatable bonds is 7. The van der Waals surface area contributed by atoms with Gasteiger partial charge in [-0.05, 0) is 48.6 Å². The lowest BCUT2D eigenvalue weighted by Gasteiger charge is -2.28. The summed E-state index contributed by atoms with van der Waals surface area (Å²) < 4.78 is 16.7. The van der Waals surface area contributed by atoms with Gasteiger partial charge in [-0.2, -0.15) is 0 Å². The van der Waals surface area contributed by atoms with Crippen molar-refractivity contribution in [2.75, 3.05) is 31.2 Å². The van der Waals surface area contributed by atoms with Gasteiger partial charge in [0.25, 0.3) is 0 Å². The highest BCUT2D eigenvalue weighted by molar-refractivity contribution is 6.55.